The molecule has 0 saturated heterocycles. The van der Waals surface area contributed by atoms with E-state index in [4.69, 9.17) is 4.74 Å². The highest BCUT2D eigenvalue weighted by Gasteiger charge is 2.48. The third-order valence-electron chi connectivity index (χ3n) is 18.0. The minimum Gasteiger partial charge on any atom is -0.489 e. The first-order valence-corrected chi connectivity index (χ1v) is 29.9. The molecule has 0 aromatic heterocycles. The maximum absolute atomic E-state index is 6.65. The zero-order chi connectivity index (χ0) is 56.9. The normalized spacial score (nSPS) is 15.1. The van der Waals surface area contributed by atoms with Gasteiger partial charge in [0.05, 0.1) is 10.8 Å². The third-order valence-corrected chi connectivity index (χ3v) is 18.0. The van der Waals surface area contributed by atoms with Crippen LogP contribution in [0.2, 0.25) is 0 Å². The van der Waals surface area contributed by atoms with Gasteiger partial charge in [-0.3, -0.25) is 0 Å². The lowest BCUT2D eigenvalue weighted by atomic mass is 9.67. The summed E-state index contributed by atoms with van der Waals surface area (Å²) in [5, 5.41) is 0. The zero-order valence-electron chi connectivity index (χ0n) is 49.0. The second kappa shape index (κ2) is 21.7. The van der Waals surface area contributed by atoms with Crippen molar-refractivity contribution in [2.24, 2.45) is 11.8 Å². The Balaban J connectivity index is 0.979. The summed E-state index contributed by atoms with van der Waals surface area (Å²) in [6, 6.07) is 102. The lowest BCUT2D eigenvalue weighted by molar-refractivity contribution is 0.306. The van der Waals surface area contributed by atoms with E-state index in [9.17, 15) is 0 Å². The van der Waals surface area contributed by atoms with Crippen molar-refractivity contribution in [1.82, 2.24) is 0 Å². The first-order valence-electron chi connectivity index (χ1n) is 29.9. The van der Waals surface area contributed by atoms with Gasteiger partial charge in [0.1, 0.15) is 12.4 Å². The molecule has 2 aliphatic rings. The van der Waals surface area contributed by atoms with Crippen LogP contribution in [-0.4, -0.2) is 0 Å². The summed E-state index contributed by atoms with van der Waals surface area (Å²) < 4.78 is 6.65. The molecule has 408 valence electrons. The highest BCUT2D eigenvalue weighted by Crippen LogP contribution is 2.60. The Hall–Kier alpha value is -8.98. The Kier molecular flexibility index (Phi) is 14.0. The van der Waals surface area contributed by atoms with Crippen molar-refractivity contribution >= 4 is 17.1 Å². The van der Waals surface area contributed by atoms with Crippen LogP contribution in [0.4, 0.5) is 17.1 Å². The summed E-state index contributed by atoms with van der Waals surface area (Å²) in [5.74, 6) is 2.63. The molecule has 0 amide bonds. The van der Waals surface area contributed by atoms with Crippen LogP contribution < -0.4 is 9.64 Å². The minimum atomic E-state index is -0.673. The molecule has 2 atom stereocenters. The summed E-state index contributed by atoms with van der Waals surface area (Å²) >= 11 is 0. The average molecular weight is 1080 g/mol. The van der Waals surface area contributed by atoms with E-state index in [-0.39, 0.29) is 5.41 Å². The largest absolute Gasteiger partial charge is 0.489 e. The van der Waals surface area contributed by atoms with Crippen LogP contribution in [0.5, 0.6) is 5.75 Å². The van der Waals surface area contributed by atoms with Gasteiger partial charge in [-0.25, -0.2) is 0 Å². The van der Waals surface area contributed by atoms with E-state index in [2.05, 4.69) is 326 Å². The molecule has 83 heavy (non-hydrogen) atoms. The van der Waals surface area contributed by atoms with Crippen LogP contribution in [0.3, 0.4) is 0 Å². The van der Waals surface area contributed by atoms with Crippen molar-refractivity contribution in [2.75, 3.05) is 4.90 Å². The molecule has 0 heterocycles. The Labute approximate surface area is 492 Å². The summed E-state index contributed by atoms with van der Waals surface area (Å²) in [6.07, 6.45) is 1.19. The first-order chi connectivity index (χ1) is 40.4. The van der Waals surface area contributed by atoms with Crippen LogP contribution in [0, 0.1) is 11.8 Å². The molecule has 13 rings (SSSR count). The van der Waals surface area contributed by atoms with E-state index < -0.39 is 10.8 Å². The molecule has 2 heteroatoms. The molecule has 0 aliphatic heterocycles. The molecular formula is C81H73NO. The number of fused-ring (bicyclic) bond motifs is 6. The molecule has 11 aromatic rings. The molecule has 0 fully saturated rings. The lowest BCUT2D eigenvalue weighted by Crippen LogP contribution is -2.29. The zero-order valence-corrected chi connectivity index (χ0v) is 49.0. The minimum absolute atomic E-state index is 0.0136. The van der Waals surface area contributed by atoms with Gasteiger partial charge in [0.25, 0.3) is 0 Å². The Morgan fingerprint density at radius 1 is 0.386 bits per heavy atom. The second-order valence-corrected chi connectivity index (χ2v) is 24.9. The molecule has 0 saturated carbocycles. The standard InChI is InChI=1S/C81H73NO/c1-55(2)51-74(56(3)4)60-33-31-57(32-34-60)54-83-69-47-41-65(42-48-69)81(64-39-37-61(38-40-64)79(5,6)7)76-30-20-18-28-71(76)73-50-46-68(53-78(73)81)82(66-43-35-59(36-44-66)58-21-11-8-12-22-58)67-45-49-72-70-27-17-19-29-75(70)80(77(72)52-67,62-23-13-9-14-24-62)63-25-15-10-16-26-63/h8-50,52-53,55-56,74H,51,54H2,1-7H3. The fraction of sp³-hybridized carbons (Fsp3) is 0.185. The number of rotatable bonds is 15. The molecule has 0 radical (unpaired) electrons. The highest BCUT2D eigenvalue weighted by molar-refractivity contribution is 5.92. The van der Waals surface area contributed by atoms with Crippen molar-refractivity contribution in [1.29, 1.82) is 0 Å². The van der Waals surface area contributed by atoms with Crippen molar-refractivity contribution < 1.29 is 4.74 Å². The lowest BCUT2D eigenvalue weighted by Gasteiger charge is -2.36. The molecule has 2 unspecified atom stereocenters. The van der Waals surface area contributed by atoms with Crippen LogP contribution >= 0.6 is 0 Å². The number of nitrogens with zero attached hydrogens (tertiary/aromatic N) is 1. The van der Waals surface area contributed by atoms with Crippen LogP contribution in [-0.2, 0) is 22.9 Å². The predicted octanol–water partition coefficient (Wildman–Crippen LogP) is 21.2. The SMILES string of the molecule is CC(C)CC(c1ccc(COc2ccc(C3(c4ccc(C(C)(C)C)cc4)c4ccccc4-c4ccc(N(c5ccc(-c6ccccc6)cc5)c5ccc6c(c5)C(c5ccccc5)(c5ccccc5)c5ccccc5-6)cc43)cc2)cc1)C(C)C. The van der Waals surface area contributed by atoms with E-state index in [0.29, 0.717) is 24.4 Å². The van der Waals surface area contributed by atoms with Crippen molar-refractivity contribution in [3.8, 4) is 39.1 Å². The molecule has 0 N–H and O–H groups in total. The van der Waals surface area contributed by atoms with Gasteiger partial charge in [0.2, 0.25) is 0 Å². The van der Waals surface area contributed by atoms with Crippen molar-refractivity contribution in [3.63, 3.8) is 0 Å². The van der Waals surface area contributed by atoms with Gasteiger partial charge in [0.15, 0.2) is 0 Å². The van der Waals surface area contributed by atoms with E-state index in [1.165, 1.54) is 101 Å². The van der Waals surface area contributed by atoms with Crippen molar-refractivity contribution in [3.05, 3.63) is 334 Å². The number of benzene rings is 11. The Bertz CT molecular complexity index is 4020. The maximum Gasteiger partial charge on any atom is 0.119 e. The topological polar surface area (TPSA) is 12.5 Å². The molecule has 2 aliphatic carbocycles. The van der Waals surface area contributed by atoms with Gasteiger partial charge in [0, 0.05) is 17.1 Å². The summed E-state index contributed by atoms with van der Waals surface area (Å²) in [6.45, 7) is 16.7. The quantitative estimate of drug-likeness (QED) is 0.101. The monoisotopic (exact) mass is 1080 g/mol. The van der Waals surface area contributed by atoms with Gasteiger partial charge in [-0.15, -0.1) is 0 Å². The average Bonchev–Trinajstić information content (AvgIpc) is 1.70. The van der Waals surface area contributed by atoms with Gasteiger partial charge in [-0.05, 0) is 173 Å². The number of hydrogen-bond acceptors (Lipinski definition) is 2. The molecule has 0 spiro atoms. The van der Waals surface area contributed by atoms with Gasteiger partial charge < -0.3 is 9.64 Å². The van der Waals surface area contributed by atoms with Gasteiger partial charge in [-0.1, -0.05) is 273 Å². The molecule has 11 aromatic carbocycles. The van der Waals surface area contributed by atoms with Crippen LogP contribution in [0.25, 0.3) is 33.4 Å². The maximum atomic E-state index is 6.65. The fourth-order valence-electron chi connectivity index (χ4n) is 14.0. The Morgan fingerprint density at radius 3 is 1.29 bits per heavy atom. The fourth-order valence-corrected chi connectivity index (χ4v) is 14.0. The Morgan fingerprint density at radius 2 is 0.807 bits per heavy atom. The van der Waals surface area contributed by atoms with Gasteiger partial charge in [-0.2, -0.15) is 0 Å². The van der Waals surface area contributed by atoms with Gasteiger partial charge >= 0.3 is 0 Å². The predicted molar refractivity (Wildman–Crippen MR) is 348 cm³/mol. The molecule has 2 nitrogen and oxygen atoms in total. The van der Waals surface area contributed by atoms with Crippen LogP contribution in [0.15, 0.2) is 273 Å². The summed E-state index contributed by atoms with van der Waals surface area (Å²) in [5.41, 5.74) is 23.2. The van der Waals surface area contributed by atoms with E-state index in [1.807, 2.05) is 0 Å². The molecular weight excluding hydrogens is 1000 g/mol. The second-order valence-electron chi connectivity index (χ2n) is 24.9. The number of ether oxygens (including phenoxy) is 1. The first kappa shape index (κ1) is 53.3. The van der Waals surface area contributed by atoms with E-state index in [0.717, 1.165) is 22.8 Å². The smallest absolute Gasteiger partial charge is 0.119 e. The molecule has 0 bridgehead atoms. The number of hydrogen-bond donors (Lipinski definition) is 0. The van der Waals surface area contributed by atoms with E-state index >= 15 is 0 Å². The van der Waals surface area contributed by atoms with E-state index in [1.54, 1.807) is 0 Å². The third kappa shape index (κ3) is 9.39. The highest BCUT2D eigenvalue weighted by atomic mass is 16.5. The van der Waals surface area contributed by atoms with Crippen molar-refractivity contribution in [2.45, 2.75) is 83.7 Å². The van der Waals surface area contributed by atoms with Crippen LogP contribution in [0.1, 0.15) is 122 Å². The number of anilines is 3. The summed E-state index contributed by atoms with van der Waals surface area (Å²) in [7, 11) is 0. The summed E-state index contributed by atoms with van der Waals surface area (Å²) in [4.78, 5) is 2.49.